The van der Waals surface area contributed by atoms with Gasteiger partial charge >= 0.3 is 0 Å². The van der Waals surface area contributed by atoms with E-state index in [4.69, 9.17) is 37.3 Å². The molecule has 12 heteroatoms. The highest BCUT2D eigenvalue weighted by Gasteiger charge is 2.22. The summed E-state index contributed by atoms with van der Waals surface area (Å²) in [5.74, 6) is 1.47. The molecule has 2 amide bonds. The molecule has 49 heavy (non-hydrogen) atoms. The Balaban J connectivity index is 1.09. The third kappa shape index (κ3) is 7.28. The first-order chi connectivity index (χ1) is 23.9. The van der Waals surface area contributed by atoms with Crippen LogP contribution in [0.3, 0.4) is 0 Å². The number of amides is 2. The average molecular weight is 700 g/mol. The van der Waals surface area contributed by atoms with Gasteiger partial charge in [0.2, 0.25) is 17.7 Å². The van der Waals surface area contributed by atoms with Gasteiger partial charge in [0.05, 0.1) is 29.4 Å². The van der Waals surface area contributed by atoms with Crippen molar-refractivity contribution in [3.8, 4) is 39.4 Å². The molecule has 0 radical (unpaired) electrons. The SMILES string of the molecule is COc1nc(-c2cccc(-c3cccc(-c4cnc5cc(CNC[C@@H]6CCC(=O)N6)oc5c4)c3Cl)c2Cl)ccc1CNC[C@H]1CCC(=O)N1. The first-order valence-electron chi connectivity index (χ1n) is 16.4. The number of hydrogen-bond acceptors (Lipinski definition) is 8. The summed E-state index contributed by atoms with van der Waals surface area (Å²) in [6.07, 6.45) is 4.62. The third-order valence-electron chi connectivity index (χ3n) is 8.99. The Morgan fingerprint density at radius 2 is 1.47 bits per heavy atom. The number of fused-ring (bicyclic) bond motifs is 1. The maximum absolute atomic E-state index is 11.5. The Morgan fingerprint density at radius 1 is 0.837 bits per heavy atom. The minimum atomic E-state index is 0.0992. The topological polar surface area (TPSA) is 130 Å². The number of aromatic nitrogens is 2. The molecule has 2 atom stereocenters. The minimum absolute atomic E-state index is 0.0992. The minimum Gasteiger partial charge on any atom is -0.481 e. The molecular weight excluding hydrogens is 663 g/mol. The molecule has 5 aromatic rings. The second-order valence-corrected chi connectivity index (χ2v) is 13.1. The molecule has 0 saturated carbocycles. The fraction of sp³-hybridized carbons (Fsp3) is 0.297. The fourth-order valence-corrected chi connectivity index (χ4v) is 7.11. The summed E-state index contributed by atoms with van der Waals surface area (Å²) >= 11 is 14.2. The van der Waals surface area contributed by atoms with E-state index < -0.39 is 0 Å². The molecule has 2 aromatic carbocycles. The lowest BCUT2D eigenvalue weighted by atomic mass is 9.97. The summed E-state index contributed by atoms with van der Waals surface area (Å²) in [7, 11) is 1.60. The molecular formula is C37H36Cl2N6O4. The van der Waals surface area contributed by atoms with E-state index in [1.807, 2.05) is 60.7 Å². The fourth-order valence-electron chi connectivity index (χ4n) is 6.45. The van der Waals surface area contributed by atoms with Crippen molar-refractivity contribution >= 4 is 46.1 Å². The number of methoxy groups -OCH3 is 1. The van der Waals surface area contributed by atoms with E-state index in [-0.39, 0.29) is 23.9 Å². The molecule has 2 fully saturated rings. The Hall–Kier alpha value is -4.48. The van der Waals surface area contributed by atoms with Gasteiger partial charge in [-0.3, -0.25) is 14.6 Å². The highest BCUT2D eigenvalue weighted by molar-refractivity contribution is 6.39. The first-order valence-corrected chi connectivity index (χ1v) is 17.1. The third-order valence-corrected chi connectivity index (χ3v) is 9.81. The van der Waals surface area contributed by atoms with Crippen LogP contribution in [0.4, 0.5) is 0 Å². The van der Waals surface area contributed by atoms with Crippen LogP contribution >= 0.6 is 23.2 Å². The lowest BCUT2D eigenvalue weighted by Crippen LogP contribution is -2.35. The van der Waals surface area contributed by atoms with E-state index in [0.29, 0.717) is 66.2 Å². The van der Waals surface area contributed by atoms with E-state index in [1.54, 1.807) is 13.3 Å². The van der Waals surface area contributed by atoms with Gasteiger partial charge in [0.25, 0.3) is 0 Å². The van der Waals surface area contributed by atoms with Crippen molar-refractivity contribution in [1.82, 2.24) is 31.2 Å². The number of nitrogens with one attached hydrogen (secondary N) is 4. The monoisotopic (exact) mass is 698 g/mol. The zero-order chi connectivity index (χ0) is 33.9. The Bertz CT molecular complexity index is 2030. The van der Waals surface area contributed by atoms with Gasteiger partial charge in [0.1, 0.15) is 11.3 Å². The predicted molar refractivity (Wildman–Crippen MR) is 190 cm³/mol. The van der Waals surface area contributed by atoms with Crippen LogP contribution in [-0.2, 0) is 22.7 Å². The van der Waals surface area contributed by atoms with Crippen LogP contribution in [-0.4, -0.2) is 54.1 Å². The number of pyridine rings is 2. The second kappa shape index (κ2) is 14.6. The van der Waals surface area contributed by atoms with Crippen molar-refractivity contribution in [2.75, 3.05) is 20.2 Å². The van der Waals surface area contributed by atoms with Crippen LogP contribution in [0.25, 0.3) is 44.6 Å². The van der Waals surface area contributed by atoms with Crippen molar-refractivity contribution in [2.45, 2.75) is 50.9 Å². The van der Waals surface area contributed by atoms with E-state index in [2.05, 4.69) is 26.3 Å². The second-order valence-electron chi connectivity index (χ2n) is 12.4. The van der Waals surface area contributed by atoms with E-state index in [1.165, 1.54) is 0 Å². The Labute approximate surface area is 293 Å². The smallest absolute Gasteiger partial charge is 0.220 e. The zero-order valence-electron chi connectivity index (χ0n) is 26.9. The molecule has 0 aliphatic carbocycles. The largest absolute Gasteiger partial charge is 0.481 e. The molecule has 252 valence electrons. The lowest BCUT2D eigenvalue weighted by Gasteiger charge is -2.15. The van der Waals surface area contributed by atoms with Crippen LogP contribution in [0.1, 0.15) is 37.0 Å². The molecule has 10 nitrogen and oxygen atoms in total. The molecule has 0 bridgehead atoms. The number of ether oxygens (including phenoxy) is 1. The first kappa shape index (κ1) is 33.0. The highest BCUT2D eigenvalue weighted by Crippen LogP contribution is 2.42. The number of carbonyl (C=O) groups excluding carboxylic acids is 2. The molecule has 2 saturated heterocycles. The van der Waals surface area contributed by atoms with Gasteiger partial charge in [-0.15, -0.1) is 0 Å². The lowest BCUT2D eigenvalue weighted by molar-refractivity contribution is -0.120. The van der Waals surface area contributed by atoms with Gasteiger partial charge in [-0.05, 0) is 25.0 Å². The Kier molecular flexibility index (Phi) is 9.81. The molecule has 7 rings (SSSR count). The standard InChI is InChI=1S/C37H36Cl2N6O4/c1-48-37-21(16-40-18-23-9-12-33(46)43-23)8-11-30(45-37)29-7-3-6-28(36(29)39)27-5-2-4-26(35(27)38)22-14-32-31(42-17-22)15-25(49-32)20-41-19-24-10-13-34(47)44-24/h2-8,11,14-15,17,23-24,40-41H,9-10,12-13,16,18-20H2,1H3,(H,43,46)(H,44,47)/t23-,24+/m1/s1. The molecule has 3 aromatic heterocycles. The van der Waals surface area contributed by atoms with Crippen LogP contribution in [0.15, 0.2) is 71.3 Å². The predicted octanol–water partition coefficient (Wildman–Crippen LogP) is 6.28. The number of benzene rings is 2. The van der Waals surface area contributed by atoms with Gasteiger partial charge in [-0.25, -0.2) is 4.98 Å². The summed E-state index contributed by atoms with van der Waals surface area (Å²) in [5, 5.41) is 13.8. The summed E-state index contributed by atoms with van der Waals surface area (Å²) < 4.78 is 11.8. The number of nitrogens with zero attached hydrogens (tertiary/aromatic N) is 2. The van der Waals surface area contributed by atoms with Gasteiger partial charge in [0, 0.05) is 90.2 Å². The van der Waals surface area contributed by atoms with Gasteiger partial charge in [-0.1, -0.05) is 65.7 Å². The number of carbonyl (C=O) groups is 2. The Morgan fingerprint density at radius 3 is 2.12 bits per heavy atom. The van der Waals surface area contributed by atoms with Crippen LogP contribution in [0, 0.1) is 0 Å². The van der Waals surface area contributed by atoms with Crippen LogP contribution < -0.4 is 26.0 Å². The maximum Gasteiger partial charge on any atom is 0.220 e. The highest BCUT2D eigenvalue weighted by atomic mass is 35.5. The van der Waals surface area contributed by atoms with Gasteiger partial charge in [-0.2, -0.15) is 0 Å². The van der Waals surface area contributed by atoms with Gasteiger partial charge < -0.3 is 30.4 Å². The van der Waals surface area contributed by atoms with E-state index >= 15 is 0 Å². The van der Waals surface area contributed by atoms with E-state index in [0.717, 1.165) is 57.5 Å². The normalized spacial score (nSPS) is 17.4. The van der Waals surface area contributed by atoms with E-state index in [9.17, 15) is 9.59 Å². The van der Waals surface area contributed by atoms with Crippen molar-refractivity contribution < 1.29 is 18.7 Å². The van der Waals surface area contributed by atoms with Gasteiger partial charge in [0.15, 0.2) is 5.58 Å². The van der Waals surface area contributed by atoms with Crippen molar-refractivity contribution in [2.24, 2.45) is 0 Å². The maximum atomic E-state index is 11.5. The zero-order valence-corrected chi connectivity index (χ0v) is 28.5. The molecule has 0 unspecified atom stereocenters. The molecule has 0 spiro atoms. The summed E-state index contributed by atoms with van der Waals surface area (Å²) in [6.45, 7) is 2.45. The van der Waals surface area contributed by atoms with Crippen LogP contribution in [0.5, 0.6) is 5.88 Å². The molecule has 4 N–H and O–H groups in total. The summed E-state index contributed by atoms with van der Waals surface area (Å²) in [5.41, 5.74) is 6.92. The number of hydrogen-bond donors (Lipinski definition) is 4. The van der Waals surface area contributed by atoms with Crippen LogP contribution in [0.2, 0.25) is 10.0 Å². The number of halogens is 2. The molecule has 5 heterocycles. The molecule has 2 aliphatic heterocycles. The average Bonchev–Trinajstić information content (AvgIpc) is 3.84. The molecule has 2 aliphatic rings. The quantitative estimate of drug-likeness (QED) is 0.120. The van der Waals surface area contributed by atoms with Crippen molar-refractivity contribution in [3.05, 3.63) is 88.2 Å². The summed E-state index contributed by atoms with van der Waals surface area (Å²) in [4.78, 5) is 32.4. The number of furan rings is 1. The summed E-state index contributed by atoms with van der Waals surface area (Å²) in [6, 6.07) is 19.7. The van der Waals surface area contributed by atoms with Crippen molar-refractivity contribution in [3.63, 3.8) is 0 Å². The van der Waals surface area contributed by atoms with Crippen molar-refractivity contribution in [1.29, 1.82) is 0 Å². The number of rotatable bonds is 12.